The van der Waals surface area contributed by atoms with Crippen LogP contribution in [0.25, 0.3) is 0 Å². The number of alkyl carbamates (subject to hydrolysis) is 1. The SMILES string of the molecule is C=CCNC(=O)OC1CC(C(=O)NC(Cc2ccc(OC)cc2)C(N)=O)=CC(NC(=O)c2ccccc2Br)C1O. The van der Waals surface area contributed by atoms with Gasteiger partial charge in [0, 0.05) is 29.4 Å². The van der Waals surface area contributed by atoms with Gasteiger partial charge >= 0.3 is 6.09 Å². The van der Waals surface area contributed by atoms with Crippen LogP contribution in [0, 0.1) is 0 Å². The van der Waals surface area contributed by atoms with Crippen LogP contribution in [0.4, 0.5) is 4.79 Å². The third kappa shape index (κ3) is 8.17. The summed E-state index contributed by atoms with van der Waals surface area (Å²) in [5, 5.41) is 18.7. The molecule has 0 saturated heterocycles. The van der Waals surface area contributed by atoms with Gasteiger partial charge in [0.25, 0.3) is 5.91 Å². The highest BCUT2D eigenvalue weighted by Gasteiger charge is 2.38. The lowest BCUT2D eigenvalue weighted by atomic mass is 9.89. The minimum atomic E-state index is -1.37. The first-order valence-corrected chi connectivity index (χ1v) is 13.1. The highest BCUT2D eigenvalue weighted by molar-refractivity contribution is 9.10. The number of nitrogens with one attached hydrogen (secondary N) is 3. The quantitative estimate of drug-likeness (QED) is 0.240. The molecule has 0 heterocycles. The zero-order valence-corrected chi connectivity index (χ0v) is 23.3. The van der Waals surface area contributed by atoms with E-state index in [1.807, 2.05) is 0 Å². The average Bonchev–Trinajstić information content (AvgIpc) is 2.94. The van der Waals surface area contributed by atoms with Crippen LogP contribution >= 0.6 is 15.9 Å². The second-order valence-corrected chi connectivity index (χ2v) is 9.81. The summed E-state index contributed by atoms with van der Waals surface area (Å²) in [5.41, 5.74) is 6.69. The van der Waals surface area contributed by atoms with Gasteiger partial charge in [-0.3, -0.25) is 14.4 Å². The first-order valence-electron chi connectivity index (χ1n) is 12.4. The van der Waals surface area contributed by atoms with Gasteiger partial charge in [-0.05, 0) is 45.8 Å². The topological polar surface area (TPSA) is 169 Å². The van der Waals surface area contributed by atoms with Gasteiger partial charge in [0.1, 0.15) is 24.0 Å². The van der Waals surface area contributed by atoms with E-state index in [1.165, 1.54) is 19.3 Å². The number of rotatable bonds is 11. The zero-order valence-electron chi connectivity index (χ0n) is 21.8. The van der Waals surface area contributed by atoms with Crippen LogP contribution in [0.1, 0.15) is 22.3 Å². The molecule has 4 amide bonds. The molecule has 0 aliphatic heterocycles. The molecule has 0 spiro atoms. The number of methoxy groups -OCH3 is 1. The molecule has 1 aliphatic rings. The highest BCUT2D eigenvalue weighted by atomic mass is 79.9. The van der Waals surface area contributed by atoms with Gasteiger partial charge in [-0.25, -0.2) is 4.79 Å². The highest BCUT2D eigenvalue weighted by Crippen LogP contribution is 2.24. The van der Waals surface area contributed by atoms with Crippen LogP contribution in [-0.4, -0.2) is 66.9 Å². The van der Waals surface area contributed by atoms with E-state index in [1.54, 1.807) is 48.5 Å². The molecule has 3 rings (SSSR count). The summed E-state index contributed by atoms with van der Waals surface area (Å²) in [6.45, 7) is 3.64. The fraction of sp³-hybridized carbons (Fsp3) is 0.286. The van der Waals surface area contributed by atoms with Crippen LogP contribution in [0.3, 0.4) is 0 Å². The van der Waals surface area contributed by atoms with Crippen molar-refractivity contribution in [3.8, 4) is 5.75 Å². The Morgan fingerprint density at radius 1 is 1.15 bits per heavy atom. The minimum absolute atomic E-state index is 0.0882. The molecule has 2 aromatic carbocycles. The second kappa shape index (κ2) is 14.3. The molecule has 0 fully saturated rings. The Kier molecular flexibility index (Phi) is 10.9. The summed E-state index contributed by atoms with van der Waals surface area (Å²) in [5.74, 6) is -1.31. The molecule has 0 bridgehead atoms. The predicted molar refractivity (Wildman–Crippen MR) is 150 cm³/mol. The van der Waals surface area contributed by atoms with Crippen molar-refractivity contribution in [3.05, 3.63) is 88.4 Å². The van der Waals surface area contributed by atoms with E-state index in [0.29, 0.717) is 15.8 Å². The predicted octanol–water partition coefficient (Wildman–Crippen LogP) is 1.74. The molecule has 6 N–H and O–H groups in total. The van der Waals surface area contributed by atoms with Crippen LogP contribution in [-0.2, 0) is 20.7 Å². The van der Waals surface area contributed by atoms with Gasteiger partial charge in [0.2, 0.25) is 11.8 Å². The smallest absolute Gasteiger partial charge is 0.407 e. The van der Waals surface area contributed by atoms with E-state index in [-0.39, 0.29) is 25.0 Å². The van der Waals surface area contributed by atoms with Crippen LogP contribution < -0.4 is 26.4 Å². The number of ether oxygens (including phenoxy) is 2. The van der Waals surface area contributed by atoms with E-state index in [9.17, 15) is 24.3 Å². The molecule has 212 valence electrons. The summed E-state index contributed by atoms with van der Waals surface area (Å²) in [7, 11) is 1.53. The number of nitrogens with two attached hydrogens (primary N) is 1. The fourth-order valence-electron chi connectivity index (χ4n) is 4.04. The Hall–Kier alpha value is -4.16. The maximum Gasteiger partial charge on any atom is 0.407 e. The number of carbonyl (C=O) groups excluding carboxylic acids is 4. The van der Waals surface area contributed by atoms with Gasteiger partial charge in [0.15, 0.2) is 0 Å². The Balaban J connectivity index is 1.82. The van der Waals surface area contributed by atoms with Gasteiger partial charge < -0.3 is 36.3 Å². The molecular weight excluding hydrogens is 584 g/mol. The number of hydrogen-bond acceptors (Lipinski definition) is 7. The van der Waals surface area contributed by atoms with Crippen molar-refractivity contribution >= 4 is 39.7 Å². The molecule has 40 heavy (non-hydrogen) atoms. The van der Waals surface area contributed by atoms with Crippen molar-refractivity contribution in [1.82, 2.24) is 16.0 Å². The normalized spacial score (nSPS) is 18.9. The molecule has 0 saturated carbocycles. The Morgan fingerprint density at radius 3 is 2.48 bits per heavy atom. The van der Waals surface area contributed by atoms with Crippen molar-refractivity contribution in [2.75, 3.05) is 13.7 Å². The van der Waals surface area contributed by atoms with E-state index in [0.717, 1.165) is 5.56 Å². The van der Waals surface area contributed by atoms with Crippen LogP contribution in [0.15, 0.2) is 77.3 Å². The van der Waals surface area contributed by atoms with Crippen LogP contribution in [0.5, 0.6) is 5.75 Å². The minimum Gasteiger partial charge on any atom is -0.497 e. The number of halogens is 1. The van der Waals surface area contributed by atoms with Crippen LogP contribution in [0.2, 0.25) is 0 Å². The largest absolute Gasteiger partial charge is 0.497 e. The maximum absolute atomic E-state index is 13.3. The van der Waals surface area contributed by atoms with Gasteiger partial charge in [0.05, 0.1) is 18.7 Å². The standard InChI is InChI=1S/C28H31BrN4O7/c1-3-12-31-28(38)40-23-15-17(14-21(24(23)34)32-27(37)19-6-4-5-7-20(19)29)26(36)33-22(25(30)35)13-16-8-10-18(39-2)11-9-16/h3-11,14,21-24,34H,1,12-13,15H2,2H3,(H2,30,35)(H,31,38)(H,32,37)(H,33,36). The number of amides is 4. The first kappa shape index (κ1) is 30.4. The number of primary amides is 1. The number of hydrogen-bond donors (Lipinski definition) is 5. The zero-order chi connectivity index (χ0) is 29.2. The van der Waals surface area contributed by atoms with E-state index < -0.39 is 48.1 Å². The maximum atomic E-state index is 13.3. The third-order valence-electron chi connectivity index (χ3n) is 6.16. The Morgan fingerprint density at radius 2 is 1.85 bits per heavy atom. The molecule has 0 radical (unpaired) electrons. The molecule has 1 aliphatic carbocycles. The lowest BCUT2D eigenvalue weighted by Gasteiger charge is -2.33. The molecule has 2 aromatic rings. The monoisotopic (exact) mass is 614 g/mol. The number of aliphatic hydroxyl groups excluding tert-OH is 1. The molecular formula is C28H31BrN4O7. The summed E-state index contributed by atoms with van der Waals surface area (Å²) in [6.07, 6.45) is -0.628. The Bertz CT molecular complexity index is 1280. The molecule has 12 heteroatoms. The van der Waals surface area contributed by atoms with E-state index in [2.05, 4.69) is 38.5 Å². The lowest BCUT2D eigenvalue weighted by Crippen LogP contribution is -2.54. The summed E-state index contributed by atoms with van der Waals surface area (Å²) in [6, 6.07) is 11.5. The van der Waals surface area contributed by atoms with E-state index >= 15 is 0 Å². The summed E-state index contributed by atoms with van der Waals surface area (Å²) >= 11 is 3.32. The summed E-state index contributed by atoms with van der Waals surface area (Å²) < 4.78 is 11.0. The molecule has 0 aromatic heterocycles. The third-order valence-corrected chi connectivity index (χ3v) is 6.85. The van der Waals surface area contributed by atoms with Gasteiger partial charge in [-0.2, -0.15) is 0 Å². The Labute approximate surface area is 239 Å². The number of benzene rings is 2. The average molecular weight is 615 g/mol. The number of carbonyl (C=O) groups is 4. The van der Waals surface area contributed by atoms with Gasteiger partial charge in [-0.15, -0.1) is 6.58 Å². The lowest BCUT2D eigenvalue weighted by molar-refractivity contribution is -0.125. The molecule has 4 atom stereocenters. The van der Waals surface area contributed by atoms with Crippen molar-refractivity contribution in [2.45, 2.75) is 37.1 Å². The second-order valence-electron chi connectivity index (χ2n) is 8.96. The van der Waals surface area contributed by atoms with Crippen molar-refractivity contribution in [1.29, 1.82) is 0 Å². The molecule has 11 nitrogen and oxygen atoms in total. The van der Waals surface area contributed by atoms with Crippen molar-refractivity contribution in [3.63, 3.8) is 0 Å². The van der Waals surface area contributed by atoms with Crippen molar-refractivity contribution in [2.24, 2.45) is 5.73 Å². The molecule has 4 unspecified atom stereocenters. The first-order chi connectivity index (χ1) is 19.1. The number of aliphatic hydroxyl groups is 1. The van der Waals surface area contributed by atoms with Crippen molar-refractivity contribution < 1.29 is 33.8 Å². The fourth-order valence-corrected chi connectivity index (χ4v) is 4.50. The van der Waals surface area contributed by atoms with Gasteiger partial charge in [-0.1, -0.05) is 36.4 Å². The summed E-state index contributed by atoms with van der Waals surface area (Å²) in [4.78, 5) is 50.7. The van der Waals surface area contributed by atoms with E-state index in [4.69, 9.17) is 15.2 Å².